The fraction of sp³-hybridized carbons (Fsp3) is 0.588. The molecule has 1 aliphatic heterocycles. The van der Waals surface area contributed by atoms with Crippen LogP contribution in [0.4, 0.5) is 13.2 Å². The van der Waals surface area contributed by atoms with Crippen LogP contribution in [0.5, 0.6) is 0 Å². The predicted molar refractivity (Wildman–Crippen MR) is 122 cm³/mol. The van der Waals surface area contributed by atoms with Gasteiger partial charge in [0.25, 0.3) is 0 Å². The average Bonchev–Trinajstić information content (AvgIpc) is 2.66. The van der Waals surface area contributed by atoms with Gasteiger partial charge in [0.1, 0.15) is 0 Å². The lowest BCUT2D eigenvalue weighted by molar-refractivity contribution is -0.137. The Kier molecular flexibility index (Phi) is 11.1. The summed E-state index contributed by atoms with van der Waals surface area (Å²) in [5, 5.41) is 5.97. The van der Waals surface area contributed by atoms with Crippen LogP contribution in [0.3, 0.4) is 0 Å². The van der Waals surface area contributed by atoms with Crippen molar-refractivity contribution < 1.29 is 21.6 Å². The lowest BCUT2D eigenvalue weighted by Crippen LogP contribution is -2.44. The molecule has 1 aliphatic rings. The van der Waals surface area contributed by atoms with Gasteiger partial charge in [-0.05, 0) is 24.6 Å². The Morgan fingerprint density at radius 2 is 1.79 bits per heavy atom. The molecule has 6 nitrogen and oxygen atoms in total. The van der Waals surface area contributed by atoms with E-state index in [9.17, 15) is 21.6 Å². The molecule has 2 rings (SSSR count). The number of hydrogen-bond acceptors (Lipinski definition) is 4. The number of halogens is 4. The summed E-state index contributed by atoms with van der Waals surface area (Å²) in [6, 6.07) is 4.81. The van der Waals surface area contributed by atoms with Gasteiger partial charge in [-0.1, -0.05) is 12.1 Å². The first-order valence-electron chi connectivity index (χ1n) is 8.96. The number of aliphatic imine (C=N–C) groups is 1. The number of nitrogens with one attached hydrogen (secondary N) is 2. The Balaban J connectivity index is 0.00000420. The molecular weight excluding hydrogens is 540 g/mol. The van der Waals surface area contributed by atoms with Gasteiger partial charge < -0.3 is 10.6 Å². The smallest absolute Gasteiger partial charge is 0.357 e. The van der Waals surface area contributed by atoms with E-state index in [0.29, 0.717) is 31.2 Å². The number of sulfonamides is 1. The van der Waals surface area contributed by atoms with Crippen molar-refractivity contribution in [1.82, 2.24) is 14.9 Å². The third-order valence-corrected chi connectivity index (χ3v) is 6.88. The van der Waals surface area contributed by atoms with E-state index >= 15 is 0 Å². The van der Waals surface area contributed by atoms with Crippen molar-refractivity contribution in [2.24, 2.45) is 4.99 Å². The van der Waals surface area contributed by atoms with Gasteiger partial charge in [-0.25, -0.2) is 17.7 Å². The van der Waals surface area contributed by atoms with Crippen LogP contribution in [0.1, 0.15) is 18.1 Å². The molecule has 1 heterocycles. The minimum Gasteiger partial charge on any atom is -0.357 e. The van der Waals surface area contributed by atoms with Crippen LogP contribution < -0.4 is 10.6 Å². The molecule has 0 unspecified atom stereocenters. The minimum absolute atomic E-state index is 0. The summed E-state index contributed by atoms with van der Waals surface area (Å²) in [6.45, 7) is 3.91. The van der Waals surface area contributed by atoms with Crippen LogP contribution in [0, 0.1) is 0 Å². The third-order valence-electron chi connectivity index (χ3n) is 4.06. The Bertz CT molecular complexity index is 753. The lowest BCUT2D eigenvalue weighted by Gasteiger charge is -2.25. The van der Waals surface area contributed by atoms with Crippen molar-refractivity contribution in [2.75, 3.05) is 43.4 Å². The van der Waals surface area contributed by atoms with Crippen LogP contribution in [0.15, 0.2) is 29.3 Å². The second kappa shape index (κ2) is 12.2. The first kappa shape index (κ1) is 26.3. The number of nitrogens with zero attached hydrogens (tertiary/aromatic N) is 2. The predicted octanol–water partition coefficient (Wildman–Crippen LogP) is 2.76. The van der Waals surface area contributed by atoms with Crippen LogP contribution >= 0.6 is 35.7 Å². The summed E-state index contributed by atoms with van der Waals surface area (Å²) in [7, 11) is -3.31. The van der Waals surface area contributed by atoms with Gasteiger partial charge in [0.05, 0.1) is 17.9 Å². The van der Waals surface area contributed by atoms with Crippen molar-refractivity contribution in [3.05, 3.63) is 35.4 Å². The van der Waals surface area contributed by atoms with E-state index < -0.39 is 21.8 Å². The van der Waals surface area contributed by atoms with Gasteiger partial charge in [0.15, 0.2) is 5.96 Å². The van der Waals surface area contributed by atoms with Crippen molar-refractivity contribution in [2.45, 2.75) is 19.6 Å². The zero-order chi connectivity index (χ0) is 20.6. The number of thioether (sulfide) groups is 1. The largest absolute Gasteiger partial charge is 0.416 e. The molecule has 0 aliphatic carbocycles. The fourth-order valence-corrected chi connectivity index (χ4v) is 5.05. The summed E-state index contributed by atoms with van der Waals surface area (Å²) in [5.41, 5.74) is -0.0739. The number of benzene rings is 1. The van der Waals surface area contributed by atoms with Crippen molar-refractivity contribution >= 4 is 51.7 Å². The SMILES string of the molecule is CCNC(=NCc1ccc(C(F)(F)F)cc1)NCCS(=O)(=O)N1CCSCC1.I. The summed E-state index contributed by atoms with van der Waals surface area (Å²) in [5.74, 6) is 2.00. The molecule has 0 radical (unpaired) electrons. The maximum Gasteiger partial charge on any atom is 0.416 e. The van der Waals surface area contributed by atoms with E-state index in [0.717, 1.165) is 23.6 Å². The molecule has 1 saturated heterocycles. The normalized spacial score (nSPS) is 16.2. The average molecular weight is 566 g/mol. The van der Waals surface area contributed by atoms with Crippen molar-refractivity contribution in [3.63, 3.8) is 0 Å². The zero-order valence-electron chi connectivity index (χ0n) is 16.0. The zero-order valence-corrected chi connectivity index (χ0v) is 20.0. The molecule has 2 N–H and O–H groups in total. The Morgan fingerprint density at radius 1 is 1.17 bits per heavy atom. The molecular formula is C17H26F3IN4O2S2. The Hall–Kier alpha value is -0.730. The van der Waals surface area contributed by atoms with E-state index in [1.165, 1.54) is 16.4 Å². The van der Waals surface area contributed by atoms with Crippen LogP contribution in [-0.2, 0) is 22.7 Å². The lowest BCUT2D eigenvalue weighted by atomic mass is 10.1. The van der Waals surface area contributed by atoms with Crippen molar-refractivity contribution in [3.8, 4) is 0 Å². The summed E-state index contributed by atoms with van der Waals surface area (Å²) >= 11 is 1.74. The van der Waals surface area contributed by atoms with Crippen LogP contribution in [0.2, 0.25) is 0 Å². The van der Waals surface area contributed by atoms with E-state index in [1.54, 1.807) is 11.8 Å². The molecule has 0 spiro atoms. The highest BCUT2D eigenvalue weighted by molar-refractivity contribution is 14.0. The van der Waals surface area contributed by atoms with Gasteiger partial charge in [-0.3, -0.25) is 0 Å². The quantitative estimate of drug-likeness (QED) is 0.302. The van der Waals surface area contributed by atoms with Gasteiger partial charge in [-0.2, -0.15) is 24.9 Å². The van der Waals surface area contributed by atoms with Gasteiger partial charge in [-0.15, -0.1) is 24.0 Å². The molecule has 0 atom stereocenters. The number of hydrogen-bond donors (Lipinski definition) is 2. The third kappa shape index (κ3) is 8.89. The van der Waals surface area contributed by atoms with Crippen LogP contribution in [0.25, 0.3) is 0 Å². The number of rotatable bonds is 7. The van der Waals surface area contributed by atoms with Gasteiger partial charge in [0, 0.05) is 37.7 Å². The summed E-state index contributed by atoms with van der Waals surface area (Å²) in [4.78, 5) is 4.31. The van der Waals surface area contributed by atoms with E-state index in [-0.39, 0.29) is 42.8 Å². The second-order valence-corrected chi connectivity index (χ2v) is 9.46. The maximum absolute atomic E-state index is 12.6. The topological polar surface area (TPSA) is 73.8 Å². The van der Waals surface area contributed by atoms with E-state index in [1.807, 2.05) is 6.92 Å². The molecule has 1 aromatic rings. The first-order chi connectivity index (χ1) is 13.2. The highest BCUT2D eigenvalue weighted by atomic mass is 127. The Labute approximate surface area is 191 Å². The van der Waals surface area contributed by atoms with Gasteiger partial charge in [0.2, 0.25) is 10.0 Å². The van der Waals surface area contributed by atoms with E-state index in [2.05, 4.69) is 15.6 Å². The highest BCUT2D eigenvalue weighted by Gasteiger charge is 2.29. The highest BCUT2D eigenvalue weighted by Crippen LogP contribution is 2.29. The van der Waals surface area contributed by atoms with Gasteiger partial charge >= 0.3 is 6.18 Å². The fourth-order valence-electron chi connectivity index (χ4n) is 2.56. The minimum atomic E-state index is -4.36. The second-order valence-electron chi connectivity index (χ2n) is 6.14. The molecule has 29 heavy (non-hydrogen) atoms. The molecule has 0 saturated carbocycles. The summed E-state index contributed by atoms with van der Waals surface area (Å²) in [6.07, 6.45) is -4.36. The molecule has 166 valence electrons. The Morgan fingerprint density at radius 3 is 2.34 bits per heavy atom. The first-order valence-corrected chi connectivity index (χ1v) is 11.7. The monoisotopic (exact) mass is 566 g/mol. The molecule has 1 aromatic carbocycles. The molecule has 0 amide bonds. The standard InChI is InChI=1S/C17H25F3N4O2S2.HI/c1-2-21-16(22-7-12-28(25,26)24-8-10-27-11-9-24)23-13-14-3-5-15(6-4-14)17(18,19)20;/h3-6H,2,7-13H2,1H3,(H2,21,22,23);1H. The molecule has 0 aromatic heterocycles. The van der Waals surface area contributed by atoms with Crippen molar-refractivity contribution in [1.29, 1.82) is 0 Å². The number of guanidine groups is 1. The maximum atomic E-state index is 12.6. The molecule has 0 bridgehead atoms. The number of alkyl halides is 3. The van der Waals surface area contributed by atoms with Crippen LogP contribution in [-0.4, -0.2) is 62.1 Å². The molecule has 12 heteroatoms. The van der Waals surface area contributed by atoms with E-state index in [4.69, 9.17) is 0 Å². The summed E-state index contributed by atoms with van der Waals surface area (Å²) < 4.78 is 64.0. The molecule has 1 fully saturated rings.